The van der Waals surface area contributed by atoms with Gasteiger partial charge < -0.3 is 19.1 Å². The average Bonchev–Trinajstić information content (AvgIpc) is 3.77. The molecular formula is C61H119NO6. The van der Waals surface area contributed by atoms with Crippen molar-refractivity contribution in [3.63, 3.8) is 0 Å². The van der Waals surface area contributed by atoms with Gasteiger partial charge in [0.15, 0.2) is 0 Å². The molecule has 1 unspecified atom stereocenters. The molecule has 0 aromatic carbocycles. The van der Waals surface area contributed by atoms with Gasteiger partial charge in [0, 0.05) is 19.4 Å². The van der Waals surface area contributed by atoms with Crippen LogP contribution in [0.2, 0.25) is 0 Å². The standard InChI is InChI=1S/C60H115NO6.CH4/c1-6-10-14-18-22-26-30-38-54(39-31-27-23-19-15-11-7-2)47-50-65-58(62)44-36-34-42-56(53-67-60(64)57-46-49-61(5)52-57)43-35-37-45-59(63)66-51-48-55(40-32-28-24-20-16-12-8-3)41-33-29-25-21-17-13-9-4;/h54-57H,6-53H2,1-5H3;1H4. The van der Waals surface area contributed by atoms with Crippen LogP contribution in [0.4, 0.5) is 0 Å². The number of rotatable bonds is 51. The SMILES string of the molecule is C.CCCCCCCCCC(CCCCCCCCC)CCOC(=O)CCCCC(CCCCC(=O)OCCC(CCCCCCCCC)CCCCCCCCC)COC(=O)C1CCN(C)C1. The Kier molecular flexibility index (Phi) is 49.1. The fraction of sp³-hybridized carbons (Fsp3) is 0.951. The normalized spacial score (nSPS) is 14.0. The molecule has 1 rings (SSSR count). The summed E-state index contributed by atoms with van der Waals surface area (Å²) >= 11 is 0. The molecule has 0 saturated carbocycles. The van der Waals surface area contributed by atoms with Gasteiger partial charge in [0.1, 0.15) is 0 Å². The molecule has 68 heavy (non-hydrogen) atoms. The second-order valence-corrected chi connectivity index (χ2v) is 21.6. The number of hydrogen-bond acceptors (Lipinski definition) is 7. The number of unbranched alkanes of at least 4 members (excludes halogenated alkanes) is 26. The first-order chi connectivity index (χ1) is 32.8. The number of nitrogens with zero attached hydrogens (tertiary/aromatic N) is 1. The van der Waals surface area contributed by atoms with Crippen molar-refractivity contribution < 1.29 is 28.6 Å². The van der Waals surface area contributed by atoms with Gasteiger partial charge in [-0.1, -0.05) is 253 Å². The number of ether oxygens (including phenoxy) is 3. The Morgan fingerprint density at radius 2 is 0.721 bits per heavy atom. The Morgan fingerprint density at radius 1 is 0.412 bits per heavy atom. The molecule has 0 N–H and O–H groups in total. The summed E-state index contributed by atoms with van der Waals surface area (Å²) in [6.07, 6.45) is 51.6. The zero-order valence-electron chi connectivity index (χ0n) is 45.6. The van der Waals surface area contributed by atoms with Crippen molar-refractivity contribution in [1.29, 1.82) is 0 Å². The van der Waals surface area contributed by atoms with Crippen LogP contribution in [-0.2, 0) is 28.6 Å². The van der Waals surface area contributed by atoms with Crippen molar-refractivity contribution in [3.8, 4) is 0 Å². The first-order valence-corrected chi connectivity index (χ1v) is 30.0. The van der Waals surface area contributed by atoms with Gasteiger partial charge in [-0.15, -0.1) is 0 Å². The lowest BCUT2D eigenvalue weighted by Crippen LogP contribution is -2.24. The van der Waals surface area contributed by atoms with Crippen LogP contribution in [0.15, 0.2) is 0 Å². The van der Waals surface area contributed by atoms with Gasteiger partial charge in [0.2, 0.25) is 0 Å². The molecular weight excluding hydrogens is 843 g/mol. The number of likely N-dealkylation sites (tertiary alicyclic amines) is 1. The molecule has 0 spiro atoms. The Morgan fingerprint density at radius 3 is 1.04 bits per heavy atom. The highest BCUT2D eigenvalue weighted by molar-refractivity contribution is 5.73. The van der Waals surface area contributed by atoms with Gasteiger partial charge in [-0.25, -0.2) is 0 Å². The summed E-state index contributed by atoms with van der Waals surface area (Å²) in [5, 5.41) is 0. The average molecular weight is 963 g/mol. The number of hydrogen-bond donors (Lipinski definition) is 0. The smallest absolute Gasteiger partial charge is 0.310 e. The molecule has 1 saturated heterocycles. The summed E-state index contributed by atoms with van der Waals surface area (Å²) in [4.78, 5) is 40.9. The third kappa shape index (κ3) is 42.1. The van der Waals surface area contributed by atoms with E-state index in [-0.39, 0.29) is 37.2 Å². The third-order valence-corrected chi connectivity index (χ3v) is 15.1. The van der Waals surface area contributed by atoms with Crippen LogP contribution >= 0.6 is 0 Å². The summed E-state index contributed by atoms with van der Waals surface area (Å²) in [7, 11) is 2.06. The van der Waals surface area contributed by atoms with Crippen LogP contribution in [0.3, 0.4) is 0 Å². The molecule has 0 amide bonds. The molecule has 1 aliphatic rings. The summed E-state index contributed by atoms with van der Waals surface area (Å²) < 4.78 is 17.6. The number of esters is 3. The second kappa shape index (κ2) is 50.3. The van der Waals surface area contributed by atoms with Crippen LogP contribution in [0.1, 0.15) is 311 Å². The minimum atomic E-state index is -0.0731. The number of carbonyl (C=O) groups is 3. The molecule has 0 aromatic rings. The molecule has 1 fully saturated rings. The molecule has 404 valence electrons. The van der Waals surface area contributed by atoms with Gasteiger partial charge in [-0.3, -0.25) is 14.4 Å². The van der Waals surface area contributed by atoms with Crippen LogP contribution < -0.4 is 0 Å². The van der Waals surface area contributed by atoms with E-state index in [9.17, 15) is 14.4 Å². The van der Waals surface area contributed by atoms with E-state index in [1.807, 2.05) is 0 Å². The van der Waals surface area contributed by atoms with Crippen molar-refractivity contribution >= 4 is 17.9 Å². The van der Waals surface area contributed by atoms with Crippen molar-refractivity contribution in [2.45, 2.75) is 311 Å². The maximum atomic E-state index is 12.9. The Bertz CT molecular complexity index is 997. The van der Waals surface area contributed by atoms with E-state index >= 15 is 0 Å². The van der Waals surface area contributed by atoms with E-state index < -0.39 is 0 Å². The zero-order valence-corrected chi connectivity index (χ0v) is 45.6. The highest BCUT2D eigenvalue weighted by Gasteiger charge is 2.28. The summed E-state index contributed by atoms with van der Waals surface area (Å²) in [5.41, 5.74) is 0. The van der Waals surface area contributed by atoms with E-state index in [1.165, 1.54) is 205 Å². The maximum absolute atomic E-state index is 12.9. The van der Waals surface area contributed by atoms with E-state index in [4.69, 9.17) is 14.2 Å². The molecule has 7 heteroatoms. The van der Waals surface area contributed by atoms with Crippen LogP contribution in [0, 0.1) is 23.7 Å². The van der Waals surface area contributed by atoms with Crippen LogP contribution in [0.25, 0.3) is 0 Å². The molecule has 1 atom stereocenters. The second-order valence-electron chi connectivity index (χ2n) is 21.6. The molecule has 1 heterocycles. The van der Waals surface area contributed by atoms with Crippen LogP contribution in [-0.4, -0.2) is 62.8 Å². The highest BCUT2D eigenvalue weighted by atomic mass is 16.5. The zero-order chi connectivity index (χ0) is 48.7. The molecule has 7 nitrogen and oxygen atoms in total. The topological polar surface area (TPSA) is 82.1 Å². The largest absolute Gasteiger partial charge is 0.466 e. The van der Waals surface area contributed by atoms with Gasteiger partial charge in [0.25, 0.3) is 0 Å². The predicted molar refractivity (Wildman–Crippen MR) is 292 cm³/mol. The Balaban J connectivity index is 0.0000449. The van der Waals surface area contributed by atoms with Crippen molar-refractivity contribution in [2.75, 3.05) is 40.0 Å². The molecule has 1 aliphatic heterocycles. The highest BCUT2D eigenvalue weighted by Crippen LogP contribution is 2.26. The monoisotopic (exact) mass is 962 g/mol. The molecule has 0 aliphatic carbocycles. The lowest BCUT2D eigenvalue weighted by atomic mass is 9.91. The molecule has 0 radical (unpaired) electrons. The minimum Gasteiger partial charge on any atom is -0.466 e. The van der Waals surface area contributed by atoms with E-state index in [2.05, 4.69) is 39.6 Å². The Labute approximate surface area is 424 Å². The quantitative estimate of drug-likeness (QED) is 0.0341. The lowest BCUT2D eigenvalue weighted by molar-refractivity contribution is -0.149. The number of carbonyl (C=O) groups excluding carboxylic acids is 3. The third-order valence-electron chi connectivity index (χ3n) is 15.1. The van der Waals surface area contributed by atoms with Crippen molar-refractivity contribution in [1.82, 2.24) is 4.90 Å². The maximum Gasteiger partial charge on any atom is 0.310 e. The predicted octanol–water partition coefficient (Wildman–Crippen LogP) is 18.5. The Hall–Kier alpha value is -1.63. The van der Waals surface area contributed by atoms with E-state index in [1.54, 1.807) is 0 Å². The fourth-order valence-corrected chi connectivity index (χ4v) is 10.4. The summed E-state index contributed by atoms with van der Waals surface area (Å²) in [5.74, 6) is 1.31. The van der Waals surface area contributed by atoms with Gasteiger partial charge in [-0.2, -0.15) is 0 Å². The molecule has 0 aromatic heterocycles. The first-order valence-electron chi connectivity index (χ1n) is 30.0. The van der Waals surface area contributed by atoms with E-state index in [0.717, 1.165) is 70.9 Å². The van der Waals surface area contributed by atoms with Gasteiger partial charge in [-0.05, 0) is 76.3 Å². The van der Waals surface area contributed by atoms with Crippen molar-refractivity contribution in [3.05, 3.63) is 0 Å². The lowest BCUT2D eigenvalue weighted by Gasteiger charge is -2.19. The van der Waals surface area contributed by atoms with Gasteiger partial charge in [0.05, 0.1) is 25.7 Å². The summed E-state index contributed by atoms with van der Waals surface area (Å²) in [6.45, 7) is 12.4. The summed E-state index contributed by atoms with van der Waals surface area (Å²) in [6, 6.07) is 0. The van der Waals surface area contributed by atoms with Crippen molar-refractivity contribution in [2.24, 2.45) is 23.7 Å². The van der Waals surface area contributed by atoms with Crippen LogP contribution in [0.5, 0.6) is 0 Å². The first kappa shape index (κ1) is 66.4. The fourth-order valence-electron chi connectivity index (χ4n) is 10.4. The van der Waals surface area contributed by atoms with E-state index in [0.29, 0.717) is 44.5 Å². The molecule has 0 bridgehead atoms. The minimum absolute atomic E-state index is 0. The van der Waals surface area contributed by atoms with Gasteiger partial charge >= 0.3 is 17.9 Å².